The maximum atomic E-state index is 13.0. The highest BCUT2D eigenvalue weighted by Crippen LogP contribution is 2.23. The molecule has 6 nitrogen and oxygen atoms in total. The first-order valence-electron chi connectivity index (χ1n) is 5.98. The van der Waals surface area contributed by atoms with Gasteiger partial charge in [0.2, 0.25) is 0 Å². The number of ether oxygens (including phenoxy) is 1. The molecule has 0 aliphatic rings. The number of carbonyl (C=O) groups is 1. The van der Waals surface area contributed by atoms with Crippen molar-refractivity contribution in [3.63, 3.8) is 0 Å². The highest BCUT2D eigenvalue weighted by molar-refractivity contribution is 5.92. The minimum Gasteiger partial charge on any atom is -0.476 e. The molecule has 106 valence electrons. The van der Waals surface area contributed by atoms with E-state index in [-0.39, 0.29) is 11.8 Å². The van der Waals surface area contributed by atoms with Gasteiger partial charge < -0.3 is 9.84 Å². The first kappa shape index (κ1) is 14.1. The quantitative estimate of drug-likeness (QED) is 0.903. The summed E-state index contributed by atoms with van der Waals surface area (Å²) in [6.07, 6.45) is -0.155. The number of nitrogens with zero attached hydrogens (tertiary/aromatic N) is 3. The smallest absolute Gasteiger partial charge is 0.358 e. The zero-order valence-corrected chi connectivity index (χ0v) is 11.1. The van der Waals surface area contributed by atoms with Crippen molar-refractivity contribution >= 4 is 5.97 Å². The van der Waals surface area contributed by atoms with Crippen LogP contribution >= 0.6 is 0 Å². The van der Waals surface area contributed by atoms with Crippen LogP contribution in [0.5, 0.6) is 0 Å². The summed E-state index contributed by atoms with van der Waals surface area (Å²) in [4.78, 5) is 11.2. The Balaban J connectivity index is 2.49. The van der Waals surface area contributed by atoms with E-state index in [1.54, 1.807) is 7.11 Å². The number of benzene rings is 1. The fourth-order valence-corrected chi connectivity index (χ4v) is 1.80. The van der Waals surface area contributed by atoms with Crippen molar-refractivity contribution in [1.82, 2.24) is 15.0 Å². The summed E-state index contributed by atoms with van der Waals surface area (Å²) >= 11 is 0. The molecule has 0 spiro atoms. The number of hydrogen-bond donors (Lipinski definition) is 1. The molecule has 0 bridgehead atoms. The van der Waals surface area contributed by atoms with E-state index in [0.29, 0.717) is 17.8 Å². The molecule has 1 atom stereocenters. The van der Waals surface area contributed by atoms with Crippen LogP contribution in [0.15, 0.2) is 24.3 Å². The molecule has 0 saturated heterocycles. The van der Waals surface area contributed by atoms with Crippen LogP contribution in [0.25, 0.3) is 11.3 Å². The van der Waals surface area contributed by atoms with E-state index in [9.17, 15) is 9.18 Å². The summed E-state index contributed by atoms with van der Waals surface area (Å²) in [5.41, 5.74) is 0.707. The van der Waals surface area contributed by atoms with E-state index in [4.69, 9.17) is 9.84 Å². The number of carboxylic acids is 1. The van der Waals surface area contributed by atoms with Gasteiger partial charge in [0.05, 0.1) is 12.6 Å². The van der Waals surface area contributed by atoms with Gasteiger partial charge >= 0.3 is 5.97 Å². The van der Waals surface area contributed by atoms with E-state index in [0.717, 1.165) is 0 Å². The van der Waals surface area contributed by atoms with Crippen molar-refractivity contribution in [1.29, 1.82) is 0 Å². The van der Waals surface area contributed by atoms with Crippen molar-refractivity contribution < 1.29 is 19.0 Å². The van der Waals surface area contributed by atoms with Gasteiger partial charge in [-0.3, -0.25) is 0 Å². The van der Waals surface area contributed by atoms with Crippen LogP contribution in [0.1, 0.15) is 17.4 Å². The van der Waals surface area contributed by atoms with Gasteiger partial charge in [0, 0.05) is 12.7 Å². The lowest BCUT2D eigenvalue weighted by atomic mass is 10.1. The topological polar surface area (TPSA) is 77.2 Å². The summed E-state index contributed by atoms with van der Waals surface area (Å²) in [6, 6.07) is 5.51. The van der Waals surface area contributed by atoms with E-state index in [2.05, 4.69) is 10.3 Å². The highest BCUT2D eigenvalue weighted by Gasteiger charge is 2.21. The summed E-state index contributed by atoms with van der Waals surface area (Å²) in [5, 5.41) is 16.7. The third kappa shape index (κ3) is 2.83. The third-order valence-corrected chi connectivity index (χ3v) is 2.89. The molecular formula is C13H14FN3O3. The summed E-state index contributed by atoms with van der Waals surface area (Å²) < 4.78 is 19.6. The predicted octanol–water partition coefficient (Wildman–Crippen LogP) is 1.82. The van der Waals surface area contributed by atoms with Gasteiger partial charge in [0.15, 0.2) is 5.69 Å². The highest BCUT2D eigenvalue weighted by atomic mass is 19.1. The summed E-state index contributed by atoms with van der Waals surface area (Å²) in [7, 11) is 1.55. The van der Waals surface area contributed by atoms with E-state index in [1.165, 1.54) is 28.9 Å². The van der Waals surface area contributed by atoms with Crippen molar-refractivity contribution in [2.75, 3.05) is 7.11 Å². The van der Waals surface area contributed by atoms with Gasteiger partial charge in [-0.25, -0.2) is 13.9 Å². The number of aromatic carboxylic acids is 1. The average Bonchev–Trinajstić information content (AvgIpc) is 2.83. The van der Waals surface area contributed by atoms with E-state index >= 15 is 0 Å². The molecule has 2 rings (SSSR count). The molecule has 1 N–H and O–H groups in total. The normalized spacial score (nSPS) is 12.3. The number of methoxy groups -OCH3 is 1. The van der Waals surface area contributed by atoms with Gasteiger partial charge in [0.25, 0.3) is 0 Å². The number of aromatic nitrogens is 3. The summed E-state index contributed by atoms with van der Waals surface area (Å²) in [6.45, 7) is 2.18. The zero-order valence-electron chi connectivity index (χ0n) is 11.1. The molecule has 1 aromatic heterocycles. The van der Waals surface area contributed by atoms with E-state index < -0.39 is 11.8 Å². The minimum absolute atomic E-state index is 0.155. The Kier molecular flexibility index (Phi) is 4.09. The number of carboxylic acid groups (broad SMARTS) is 1. The second kappa shape index (κ2) is 5.79. The van der Waals surface area contributed by atoms with Crippen LogP contribution in [0.4, 0.5) is 4.39 Å². The van der Waals surface area contributed by atoms with Crippen molar-refractivity contribution in [2.45, 2.75) is 19.6 Å². The van der Waals surface area contributed by atoms with Crippen molar-refractivity contribution in [2.24, 2.45) is 0 Å². The zero-order chi connectivity index (χ0) is 14.7. The largest absolute Gasteiger partial charge is 0.476 e. The van der Waals surface area contributed by atoms with Crippen molar-refractivity contribution in [3.8, 4) is 11.3 Å². The van der Waals surface area contributed by atoms with Crippen LogP contribution in [0, 0.1) is 5.82 Å². The fourth-order valence-electron chi connectivity index (χ4n) is 1.80. The molecule has 0 fully saturated rings. The Hall–Kier alpha value is -2.28. The molecule has 1 aromatic carbocycles. The Morgan fingerprint density at radius 2 is 2.10 bits per heavy atom. The molecular weight excluding hydrogens is 265 g/mol. The molecule has 0 aliphatic carbocycles. The second-order valence-corrected chi connectivity index (χ2v) is 4.33. The van der Waals surface area contributed by atoms with Gasteiger partial charge in [-0.05, 0) is 31.2 Å². The molecule has 0 radical (unpaired) electrons. The van der Waals surface area contributed by atoms with E-state index in [1.807, 2.05) is 6.92 Å². The Bertz CT molecular complexity index is 610. The number of halogens is 1. The fraction of sp³-hybridized carbons (Fsp3) is 0.308. The maximum Gasteiger partial charge on any atom is 0.358 e. The Labute approximate surface area is 114 Å². The second-order valence-electron chi connectivity index (χ2n) is 4.33. The SMILES string of the molecule is COC(C)Cn1nnc(C(=O)O)c1-c1ccc(F)cc1. The molecule has 20 heavy (non-hydrogen) atoms. The van der Waals surface area contributed by atoms with Gasteiger partial charge in [0.1, 0.15) is 11.5 Å². The van der Waals surface area contributed by atoms with Gasteiger partial charge in [-0.2, -0.15) is 0 Å². The van der Waals surface area contributed by atoms with Crippen LogP contribution < -0.4 is 0 Å². The molecule has 7 heteroatoms. The molecule has 0 saturated carbocycles. The average molecular weight is 279 g/mol. The lowest BCUT2D eigenvalue weighted by Gasteiger charge is -2.12. The molecule has 1 heterocycles. The standard InChI is InChI=1S/C13H14FN3O3/c1-8(20-2)7-17-12(11(13(18)19)15-16-17)9-3-5-10(14)6-4-9/h3-6,8H,7H2,1-2H3,(H,18,19). The Morgan fingerprint density at radius 3 is 2.65 bits per heavy atom. The predicted molar refractivity (Wildman–Crippen MR) is 68.8 cm³/mol. The lowest BCUT2D eigenvalue weighted by Crippen LogP contribution is -2.17. The minimum atomic E-state index is -1.18. The van der Waals surface area contributed by atoms with Crippen LogP contribution in [0.2, 0.25) is 0 Å². The third-order valence-electron chi connectivity index (χ3n) is 2.89. The van der Waals surface area contributed by atoms with Crippen LogP contribution in [-0.2, 0) is 11.3 Å². The first-order chi connectivity index (χ1) is 9.52. The number of hydrogen-bond acceptors (Lipinski definition) is 4. The summed E-state index contributed by atoms with van der Waals surface area (Å²) in [5.74, 6) is -1.57. The van der Waals surface area contributed by atoms with Crippen molar-refractivity contribution in [3.05, 3.63) is 35.8 Å². The Morgan fingerprint density at radius 1 is 1.45 bits per heavy atom. The molecule has 2 aromatic rings. The first-order valence-corrected chi connectivity index (χ1v) is 5.98. The van der Waals surface area contributed by atoms with Crippen LogP contribution in [0.3, 0.4) is 0 Å². The molecule has 0 amide bonds. The monoisotopic (exact) mass is 279 g/mol. The molecule has 0 aliphatic heterocycles. The maximum absolute atomic E-state index is 13.0. The van der Waals surface area contributed by atoms with Gasteiger partial charge in [-0.15, -0.1) is 5.10 Å². The molecule has 1 unspecified atom stereocenters. The number of rotatable bonds is 5. The van der Waals surface area contributed by atoms with Crippen LogP contribution in [-0.4, -0.2) is 39.3 Å². The lowest BCUT2D eigenvalue weighted by molar-refractivity contribution is 0.0691. The van der Waals surface area contributed by atoms with Gasteiger partial charge in [-0.1, -0.05) is 5.21 Å².